The first kappa shape index (κ1) is 23.5. The lowest BCUT2D eigenvalue weighted by Gasteiger charge is -2.23. The highest BCUT2D eigenvalue weighted by Crippen LogP contribution is 2.37. The maximum Gasteiger partial charge on any atom is 0.319 e. The summed E-state index contributed by atoms with van der Waals surface area (Å²) in [6.07, 6.45) is 1.63. The predicted octanol–water partition coefficient (Wildman–Crippen LogP) is 4.67. The van der Waals surface area contributed by atoms with Crippen LogP contribution in [-0.2, 0) is 11.2 Å². The highest BCUT2D eigenvalue weighted by atomic mass is 32.1. The minimum atomic E-state index is -0.738. The van der Waals surface area contributed by atoms with E-state index in [2.05, 4.69) is 33.1 Å². The number of benzene rings is 2. The number of carbonyl (C=O) groups excluding carboxylic acids is 2. The highest BCUT2D eigenvalue weighted by molar-refractivity contribution is 7.18. The summed E-state index contributed by atoms with van der Waals surface area (Å²) in [5.74, 6) is 0.896. The van der Waals surface area contributed by atoms with Crippen LogP contribution in [0.25, 0.3) is 10.6 Å². The van der Waals surface area contributed by atoms with Gasteiger partial charge in [0, 0.05) is 11.3 Å². The first-order valence-electron chi connectivity index (χ1n) is 11.2. The first-order chi connectivity index (χ1) is 16.5. The van der Waals surface area contributed by atoms with Crippen molar-refractivity contribution < 1.29 is 19.1 Å². The lowest BCUT2D eigenvalue weighted by atomic mass is 9.98. The Morgan fingerprint density at radius 3 is 2.53 bits per heavy atom. The molecule has 0 fully saturated rings. The van der Waals surface area contributed by atoms with Gasteiger partial charge >= 0.3 is 6.03 Å². The topological polar surface area (TPSA) is 114 Å². The Labute approximate surface area is 201 Å². The molecule has 1 aliphatic rings. The third kappa shape index (κ3) is 5.45. The van der Waals surface area contributed by atoms with E-state index in [4.69, 9.17) is 9.47 Å². The number of ether oxygens (including phenoxy) is 2. The normalized spacial score (nSPS) is 13.7. The summed E-state index contributed by atoms with van der Waals surface area (Å²) in [5.41, 5.74) is 2.66. The molecule has 34 heavy (non-hydrogen) atoms. The maximum atomic E-state index is 13.0. The van der Waals surface area contributed by atoms with Crippen LogP contribution in [0.2, 0.25) is 0 Å². The largest absolute Gasteiger partial charge is 0.454 e. The zero-order valence-corrected chi connectivity index (χ0v) is 20.1. The quantitative estimate of drug-likeness (QED) is 0.431. The number of aromatic nitrogens is 2. The second kappa shape index (κ2) is 10.5. The van der Waals surface area contributed by atoms with Gasteiger partial charge in [0.15, 0.2) is 11.5 Å². The Morgan fingerprint density at radius 2 is 1.79 bits per heavy atom. The van der Waals surface area contributed by atoms with Crippen LogP contribution >= 0.6 is 11.3 Å². The van der Waals surface area contributed by atoms with Gasteiger partial charge in [-0.1, -0.05) is 50.7 Å². The molecule has 0 bridgehead atoms. The van der Waals surface area contributed by atoms with Crippen molar-refractivity contribution in [2.75, 3.05) is 17.4 Å². The number of carbonyl (C=O) groups is 2. The van der Waals surface area contributed by atoms with Crippen molar-refractivity contribution in [3.8, 4) is 22.1 Å². The fraction of sp³-hybridized carbons (Fsp3) is 0.333. The molecule has 0 spiro atoms. The maximum absolute atomic E-state index is 13.0. The molecule has 3 amide bonds. The minimum absolute atomic E-state index is 0.0885. The van der Waals surface area contributed by atoms with Gasteiger partial charge in [0.25, 0.3) is 0 Å². The van der Waals surface area contributed by atoms with Crippen LogP contribution in [-0.4, -0.2) is 35.0 Å². The summed E-state index contributed by atoms with van der Waals surface area (Å²) in [5, 5.41) is 17.6. The smallest absolute Gasteiger partial charge is 0.319 e. The van der Waals surface area contributed by atoms with Gasteiger partial charge in [-0.05, 0) is 48.2 Å². The van der Waals surface area contributed by atoms with Crippen LogP contribution in [0.15, 0.2) is 42.5 Å². The van der Waals surface area contributed by atoms with E-state index >= 15 is 0 Å². The van der Waals surface area contributed by atoms with Gasteiger partial charge in [0.2, 0.25) is 17.8 Å². The monoisotopic (exact) mass is 481 g/mol. The van der Waals surface area contributed by atoms with Crippen molar-refractivity contribution in [1.82, 2.24) is 15.5 Å². The molecule has 2 atom stereocenters. The van der Waals surface area contributed by atoms with E-state index in [0.29, 0.717) is 33.7 Å². The van der Waals surface area contributed by atoms with Gasteiger partial charge in [0.05, 0.1) is 0 Å². The molecule has 0 saturated carbocycles. The average molecular weight is 482 g/mol. The van der Waals surface area contributed by atoms with E-state index in [9.17, 15) is 9.59 Å². The highest BCUT2D eigenvalue weighted by Gasteiger charge is 2.27. The van der Waals surface area contributed by atoms with Crippen molar-refractivity contribution >= 4 is 34.1 Å². The second-order valence-electron chi connectivity index (χ2n) is 7.98. The molecule has 0 saturated heterocycles. The molecule has 9 nitrogen and oxygen atoms in total. The fourth-order valence-corrected chi connectivity index (χ4v) is 4.18. The second-order valence-corrected chi connectivity index (χ2v) is 8.96. The first-order valence-corrected chi connectivity index (χ1v) is 12.0. The van der Waals surface area contributed by atoms with E-state index in [1.807, 2.05) is 56.3 Å². The number of amides is 3. The SMILES string of the molecule is CCc1ccc(NC(=O)N[C@H](C(=O)Nc2nnc(-c3ccc4c(c3)OCO4)s2)[C@@H](C)CC)cc1. The summed E-state index contributed by atoms with van der Waals surface area (Å²) in [6, 6.07) is 11.9. The predicted molar refractivity (Wildman–Crippen MR) is 131 cm³/mol. The third-order valence-corrected chi connectivity index (χ3v) is 6.56. The van der Waals surface area contributed by atoms with E-state index in [0.717, 1.165) is 12.0 Å². The van der Waals surface area contributed by atoms with Gasteiger partial charge in [-0.15, -0.1) is 10.2 Å². The molecule has 3 aromatic rings. The van der Waals surface area contributed by atoms with Crippen LogP contribution in [0.3, 0.4) is 0 Å². The molecule has 178 valence electrons. The molecule has 2 heterocycles. The van der Waals surface area contributed by atoms with Gasteiger partial charge < -0.3 is 20.1 Å². The number of nitrogens with zero attached hydrogens (tertiary/aromatic N) is 2. The van der Waals surface area contributed by atoms with Crippen LogP contribution in [0, 0.1) is 5.92 Å². The van der Waals surface area contributed by atoms with Crippen molar-refractivity contribution in [3.05, 3.63) is 48.0 Å². The molecule has 1 aliphatic heterocycles. The van der Waals surface area contributed by atoms with Gasteiger partial charge in [-0.3, -0.25) is 10.1 Å². The molecule has 2 aromatic carbocycles. The summed E-state index contributed by atoms with van der Waals surface area (Å²) in [7, 11) is 0. The molecule has 10 heteroatoms. The Morgan fingerprint density at radius 1 is 1.03 bits per heavy atom. The summed E-state index contributed by atoms with van der Waals surface area (Å²) < 4.78 is 10.7. The number of rotatable bonds is 8. The number of anilines is 2. The Hall–Kier alpha value is -3.66. The number of aryl methyl sites for hydroxylation is 1. The van der Waals surface area contributed by atoms with Crippen LogP contribution < -0.4 is 25.4 Å². The van der Waals surface area contributed by atoms with Crippen LogP contribution in [0.4, 0.5) is 15.6 Å². The fourth-order valence-electron chi connectivity index (χ4n) is 3.44. The average Bonchev–Trinajstić information content (AvgIpc) is 3.51. The Balaban J connectivity index is 1.41. The molecule has 3 N–H and O–H groups in total. The summed E-state index contributed by atoms with van der Waals surface area (Å²) in [4.78, 5) is 25.6. The van der Waals surface area contributed by atoms with Gasteiger partial charge in [0.1, 0.15) is 11.0 Å². The molecule has 1 aromatic heterocycles. The Kier molecular flexibility index (Phi) is 7.27. The lowest BCUT2D eigenvalue weighted by molar-refractivity contribution is -0.119. The molecular weight excluding hydrogens is 454 g/mol. The number of hydrogen-bond donors (Lipinski definition) is 3. The van der Waals surface area contributed by atoms with Crippen molar-refractivity contribution in [2.45, 2.75) is 39.7 Å². The lowest BCUT2D eigenvalue weighted by Crippen LogP contribution is -2.49. The van der Waals surface area contributed by atoms with E-state index in [1.54, 1.807) is 0 Å². The molecule has 4 rings (SSSR count). The van der Waals surface area contributed by atoms with Crippen LogP contribution in [0.5, 0.6) is 11.5 Å². The van der Waals surface area contributed by atoms with Crippen molar-refractivity contribution in [2.24, 2.45) is 5.92 Å². The van der Waals surface area contributed by atoms with Gasteiger partial charge in [-0.2, -0.15) is 0 Å². The van der Waals surface area contributed by atoms with Crippen LogP contribution in [0.1, 0.15) is 32.8 Å². The zero-order chi connectivity index (χ0) is 24.1. The number of urea groups is 1. The molecule has 0 radical (unpaired) electrons. The number of fused-ring (bicyclic) bond motifs is 1. The summed E-state index contributed by atoms with van der Waals surface area (Å²) in [6.45, 7) is 6.15. The van der Waals surface area contributed by atoms with Crippen molar-refractivity contribution in [1.29, 1.82) is 0 Å². The number of nitrogens with one attached hydrogen (secondary N) is 3. The van der Waals surface area contributed by atoms with E-state index < -0.39 is 12.1 Å². The van der Waals surface area contributed by atoms with Crippen molar-refractivity contribution in [3.63, 3.8) is 0 Å². The molecular formula is C24H27N5O4S. The zero-order valence-electron chi connectivity index (χ0n) is 19.3. The standard InChI is InChI=1S/C24H27N5O4S/c1-4-14(3)20(26-23(31)25-17-9-6-15(5-2)7-10-17)21(30)27-24-29-28-22(34-24)16-8-11-18-19(12-16)33-13-32-18/h6-12,14,20H,4-5,13H2,1-3H3,(H2,25,26,31)(H,27,29,30)/t14-,20-/m0/s1. The van der Waals surface area contributed by atoms with Gasteiger partial charge in [-0.25, -0.2) is 4.79 Å². The summed E-state index contributed by atoms with van der Waals surface area (Å²) >= 11 is 1.24. The Bertz CT molecular complexity index is 1160. The molecule has 0 aliphatic carbocycles. The minimum Gasteiger partial charge on any atom is -0.454 e. The van der Waals surface area contributed by atoms with E-state index in [-0.39, 0.29) is 18.6 Å². The van der Waals surface area contributed by atoms with E-state index in [1.165, 1.54) is 16.9 Å². The third-order valence-electron chi connectivity index (χ3n) is 5.68. The molecule has 0 unspecified atom stereocenters. The number of hydrogen-bond acceptors (Lipinski definition) is 7.